The van der Waals surface area contributed by atoms with E-state index >= 15 is 0 Å². The third-order valence-electron chi connectivity index (χ3n) is 5.09. The van der Waals surface area contributed by atoms with Crippen LogP contribution >= 0.6 is 0 Å². The maximum atomic E-state index is 12.8. The molecule has 0 spiro atoms. The highest BCUT2D eigenvalue weighted by molar-refractivity contribution is 6.10. The Kier molecular flexibility index (Phi) is 5.18. The number of aryl methyl sites for hydroxylation is 1. The van der Waals surface area contributed by atoms with E-state index in [0.29, 0.717) is 29.5 Å². The van der Waals surface area contributed by atoms with Gasteiger partial charge in [-0.2, -0.15) is 0 Å². The third-order valence-corrected chi connectivity index (χ3v) is 5.09. The molecular formula is C23H23N3O4. The number of nitrogens with zero attached hydrogens (tertiary/aromatic N) is 1. The van der Waals surface area contributed by atoms with Gasteiger partial charge in [0.05, 0.1) is 32.5 Å². The van der Waals surface area contributed by atoms with Crippen LogP contribution in [0.25, 0.3) is 21.8 Å². The second kappa shape index (κ2) is 7.94. The highest BCUT2D eigenvalue weighted by atomic mass is 16.5. The number of nitrogens with one attached hydrogen (secondary N) is 2. The standard InChI is InChI=1S/C23H23N3O4/c1-13-21-16(15-7-5-6-8-17(15)26-21)11-18(25-13)23(27)24-12-14-9-19(28-2)22(30-4)20(10-14)29-3/h5-11,26H,12H2,1-4H3,(H,24,27). The van der Waals surface area contributed by atoms with Crippen molar-refractivity contribution >= 4 is 27.7 Å². The number of aromatic amines is 1. The van der Waals surface area contributed by atoms with Gasteiger partial charge in [0.2, 0.25) is 5.75 Å². The molecule has 0 aliphatic rings. The van der Waals surface area contributed by atoms with E-state index in [9.17, 15) is 4.79 Å². The van der Waals surface area contributed by atoms with Crippen LogP contribution in [0.1, 0.15) is 21.7 Å². The summed E-state index contributed by atoms with van der Waals surface area (Å²) in [5, 5.41) is 4.97. The zero-order valence-electron chi connectivity index (χ0n) is 17.3. The predicted molar refractivity (Wildman–Crippen MR) is 116 cm³/mol. The van der Waals surface area contributed by atoms with Gasteiger partial charge in [-0.05, 0) is 36.8 Å². The lowest BCUT2D eigenvalue weighted by atomic mass is 10.1. The third kappa shape index (κ3) is 3.39. The van der Waals surface area contributed by atoms with Gasteiger partial charge in [-0.25, -0.2) is 4.98 Å². The molecule has 0 unspecified atom stereocenters. The summed E-state index contributed by atoms with van der Waals surface area (Å²) < 4.78 is 16.1. The van der Waals surface area contributed by atoms with Crippen LogP contribution in [-0.4, -0.2) is 37.2 Å². The predicted octanol–water partition coefficient (Wildman–Crippen LogP) is 3.98. The number of methoxy groups -OCH3 is 3. The first-order chi connectivity index (χ1) is 14.5. The van der Waals surface area contributed by atoms with Gasteiger partial charge in [0.1, 0.15) is 5.69 Å². The van der Waals surface area contributed by atoms with Crippen molar-refractivity contribution in [3.8, 4) is 17.2 Å². The highest BCUT2D eigenvalue weighted by Crippen LogP contribution is 2.38. The maximum Gasteiger partial charge on any atom is 0.270 e. The minimum atomic E-state index is -0.251. The van der Waals surface area contributed by atoms with Gasteiger partial charge in [0.15, 0.2) is 11.5 Å². The van der Waals surface area contributed by atoms with Gasteiger partial charge >= 0.3 is 0 Å². The van der Waals surface area contributed by atoms with Crippen molar-refractivity contribution in [2.24, 2.45) is 0 Å². The number of carbonyl (C=O) groups is 1. The van der Waals surface area contributed by atoms with Crippen molar-refractivity contribution in [1.29, 1.82) is 0 Å². The van der Waals surface area contributed by atoms with Gasteiger partial charge in [0.25, 0.3) is 5.91 Å². The first-order valence-corrected chi connectivity index (χ1v) is 9.50. The second-order valence-electron chi connectivity index (χ2n) is 6.90. The number of ether oxygens (including phenoxy) is 3. The van der Waals surface area contributed by atoms with Crippen LogP contribution in [0.5, 0.6) is 17.2 Å². The molecule has 154 valence electrons. The normalized spacial score (nSPS) is 10.9. The molecule has 4 rings (SSSR count). The highest BCUT2D eigenvalue weighted by Gasteiger charge is 2.16. The first-order valence-electron chi connectivity index (χ1n) is 9.50. The van der Waals surface area contributed by atoms with Crippen molar-refractivity contribution in [2.45, 2.75) is 13.5 Å². The number of fused-ring (bicyclic) bond motifs is 3. The summed E-state index contributed by atoms with van der Waals surface area (Å²) in [5.41, 5.74) is 3.94. The molecule has 1 amide bonds. The Balaban J connectivity index is 1.62. The molecule has 0 aliphatic heterocycles. The molecule has 0 saturated heterocycles. The number of rotatable bonds is 6. The van der Waals surface area contributed by atoms with E-state index < -0.39 is 0 Å². The van der Waals surface area contributed by atoms with Crippen LogP contribution in [0.3, 0.4) is 0 Å². The monoisotopic (exact) mass is 405 g/mol. The number of hydrogen-bond acceptors (Lipinski definition) is 5. The molecule has 0 atom stereocenters. The second-order valence-corrected chi connectivity index (χ2v) is 6.90. The molecule has 2 aromatic carbocycles. The molecule has 0 saturated carbocycles. The van der Waals surface area contributed by atoms with E-state index in [-0.39, 0.29) is 5.91 Å². The van der Waals surface area contributed by atoms with Crippen molar-refractivity contribution in [1.82, 2.24) is 15.3 Å². The molecule has 0 bridgehead atoms. The summed E-state index contributed by atoms with van der Waals surface area (Å²) in [6.07, 6.45) is 0. The number of pyridine rings is 1. The quantitative estimate of drug-likeness (QED) is 0.507. The number of carbonyl (C=O) groups excluding carboxylic acids is 1. The van der Waals surface area contributed by atoms with E-state index in [4.69, 9.17) is 14.2 Å². The molecule has 4 aromatic rings. The van der Waals surface area contributed by atoms with Gasteiger partial charge in [-0.3, -0.25) is 4.79 Å². The van der Waals surface area contributed by atoms with Crippen LogP contribution in [0.2, 0.25) is 0 Å². The lowest BCUT2D eigenvalue weighted by Crippen LogP contribution is -2.24. The topological polar surface area (TPSA) is 85.5 Å². The Hall–Kier alpha value is -3.74. The Bertz CT molecular complexity index is 1220. The fraction of sp³-hybridized carbons (Fsp3) is 0.217. The molecule has 30 heavy (non-hydrogen) atoms. The molecule has 2 N–H and O–H groups in total. The summed E-state index contributed by atoms with van der Waals surface area (Å²) in [6, 6.07) is 13.4. The number of benzene rings is 2. The van der Waals surface area contributed by atoms with E-state index in [1.165, 1.54) is 0 Å². The van der Waals surface area contributed by atoms with Crippen LogP contribution < -0.4 is 19.5 Å². The zero-order valence-corrected chi connectivity index (χ0v) is 17.3. The zero-order chi connectivity index (χ0) is 21.3. The van der Waals surface area contributed by atoms with E-state index in [0.717, 1.165) is 33.1 Å². The number of para-hydroxylation sites is 1. The van der Waals surface area contributed by atoms with Crippen molar-refractivity contribution in [3.05, 3.63) is 59.4 Å². The Morgan fingerprint density at radius 2 is 1.70 bits per heavy atom. The number of hydrogen-bond donors (Lipinski definition) is 2. The fourth-order valence-electron chi connectivity index (χ4n) is 3.63. The van der Waals surface area contributed by atoms with Gasteiger partial charge in [-0.1, -0.05) is 18.2 Å². The van der Waals surface area contributed by atoms with Crippen molar-refractivity contribution in [3.63, 3.8) is 0 Å². The average Bonchev–Trinajstić information content (AvgIpc) is 3.16. The van der Waals surface area contributed by atoms with E-state index in [1.807, 2.05) is 49.4 Å². The summed E-state index contributed by atoms with van der Waals surface area (Å²) in [5.74, 6) is 1.33. The fourth-order valence-corrected chi connectivity index (χ4v) is 3.63. The number of amides is 1. The number of H-pyrrole nitrogens is 1. The summed E-state index contributed by atoms with van der Waals surface area (Å²) in [6.45, 7) is 2.19. The minimum absolute atomic E-state index is 0.251. The van der Waals surface area contributed by atoms with Crippen LogP contribution in [0.4, 0.5) is 0 Å². The molecule has 7 nitrogen and oxygen atoms in total. The Labute approximate surface area is 174 Å². The summed E-state index contributed by atoms with van der Waals surface area (Å²) in [7, 11) is 4.67. The molecule has 2 heterocycles. The van der Waals surface area contributed by atoms with E-state index in [2.05, 4.69) is 15.3 Å². The van der Waals surface area contributed by atoms with Crippen LogP contribution in [0.15, 0.2) is 42.5 Å². The molecular weight excluding hydrogens is 382 g/mol. The van der Waals surface area contributed by atoms with Crippen molar-refractivity contribution in [2.75, 3.05) is 21.3 Å². The van der Waals surface area contributed by atoms with Crippen LogP contribution in [-0.2, 0) is 6.54 Å². The molecule has 2 aromatic heterocycles. The largest absolute Gasteiger partial charge is 0.493 e. The van der Waals surface area contributed by atoms with Gasteiger partial charge in [-0.15, -0.1) is 0 Å². The minimum Gasteiger partial charge on any atom is -0.493 e. The number of aromatic nitrogens is 2. The Morgan fingerprint density at radius 1 is 1.00 bits per heavy atom. The lowest BCUT2D eigenvalue weighted by molar-refractivity contribution is 0.0946. The SMILES string of the molecule is COc1cc(CNC(=O)c2cc3c([nH]c4ccccc43)c(C)n2)cc(OC)c1OC. The molecule has 7 heteroatoms. The summed E-state index contributed by atoms with van der Waals surface area (Å²) >= 11 is 0. The summed E-state index contributed by atoms with van der Waals surface area (Å²) in [4.78, 5) is 20.7. The Morgan fingerprint density at radius 3 is 2.37 bits per heavy atom. The smallest absolute Gasteiger partial charge is 0.270 e. The molecule has 0 radical (unpaired) electrons. The molecule has 0 aliphatic carbocycles. The van der Waals surface area contributed by atoms with Crippen LogP contribution in [0, 0.1) is 6.92 Å². The van der Waals surface area contributed by atoms with Gasteiger partial charge in [0, 0.05) is 22.8 Å². The lowest BCUT2D eigenvalue weighted by Gasteiger charge is -2.14. The maximum absolute atomic E-state index is 12.8. The average molecular weight is 405 g/mol. The van der Waals surface area contributed by atoms with Crippen molar-refractivity contribution < 1.29 is 19.0 Å². The van der Waals surface area contributed by atoms with E-state index in [1.54, 1.807) is 21.3 Å². The van der Waals surface area contributed by atoms with Gasteiger partial charge < -0.3 is 24.5 Å². The molecule has 0 fully saturated rings. The first kappa shape index (κ1) is 19.6.